The first kappa shape index (κ1) is 16.4. The van der Waals surface area contributed by atoms with Crippen LogP contribution < -0.4 is 4.74 Å². The molecule has 2 aromatic rings. The van der Waals surface area contributed by atoms with E-state index in [1.165, 1.54) is 0 Å². The van der Waals surface area contributed by atoms with Gasteiger partial charge in [-0.3, -0.25) is 0 Å². The number of carboxylic acids is 1. The number of ether oxygens (including phenoxy) is 1. The zero-order chi connectivity index (χ0) is 15.9. The fourth-order valence-electron chi connectivity index (χ4n) is 2.01. The first-order valence-corrected chi connectivity index (χ1v) is 7.87. The highest BCUT2D eigenvalue weighted by Gasteiger charge is 2.15. The molecule has 1 aromatic heterocycles. The standard InChI is InChI=1S/C16H17BrN2O3/c1-2-3-4-14(22-16-18-9-13(17)10-19-16)11-5-7-12(8-6-11)15(20)21/h5-10,14H,2-4H2,1H3,(H,20,21)/t14-/m1/s1. The smallest absolute Gasteiger partial charge is 0.335 e. The fraction of sp³-hybridized carbons (Fsp3) is 0.312. The minimum absolute atomic E-state index is 0.191. The molecule has 0 bridgehead atoms. The van der Waals surface area contributed by atoms with Gasteiger partial charge < -0.3 is 9.84 Å². The van der Waals surface area contributed by atoms with Crippen molar-refractivity contribution in [1.82, 2.24) is 9.97 Å². The van der Waals surface area contributed by atoms with E-state index in [1.54, 1.807) is 36.7 Å². The molecule has 1 heterocycles. The van der Waals surface area contributed by atoms with Gasteiger partial charge in [-0.2, -0.15) is 0 Å². The molecule has 0 aliphatic heterocycles. The molecule has 5 nitrogen and oxygen atoms in total. The molecule has 0 amide bonds. The molecule has 0 spiro atoms. The van der Waals surface area contributed by atoms with Crippen LogP contribution in [-0.4, -0.2) is 21.0 Å². The van der Waals surface area contributed by atoms with Gasteiger partial charge in [0.2, 0.25) is 0 Å². The number of halogens is 1. The van der Waals surface area contributed by atoms with Crippen molar-refractivity contribution >= 4 is 21.9 Å². The Morgan fingerprint density at radius 3 is 2.45 bits per heavy atom. The maximum atomic E-state index is 10.9. The third-order valence-corrected chi connectivity index (χ3v) is 3.60. The maximum absolute atomic E-state index is 10.9. The monoisotopic (exact) mass is 364 g/mol. The molecule has 0 aliphatic carbocycles. The van der Waals surface area contributed by atoms with Gasteiger partial charge in [0.25, 0.3) is 0 Å². The molecule has 1 atom stereocenters. The molecule has 2 rings (SSSR count). The van der Waals surface area contributed by atoms with Crippen molar-refractivity contribution in [3.8, 4) is 6.01 Å². The highest BCUT2D eigenvalue weighted by molar-refractivity contribution is 9.10. The minimum atomic E-state index is -0.936. The lowest BCUT2D eigenvalue weighted by Crippen LogP contribution is -2.10. The van der Waals surface area contributed by atoms with Crippen LogP contribution in [0, 0.1) is 0 Å². The van der Waals surface area contributed by atoms with E-state index in [1.807, 2.05) is 0 Å². The SMILES string of the molecule is CCCC[C@@H](Oc1ncc(Br)cn1)c1ccc(C(=O)O)cc1. The summed E-state index contributed by atoms with van der Waals surface area (Å²) >= 11 is 3.28. The molecular formula is C16H17BrN2O3. The average Bonchev–Trinajstić information content (AvgIpc) is 2.53. The van der Waals surface area contributed by atoms with Crippen molar-refractivity contribution in [3.05, 3.63) is 52.3 Å². The molecule has 6 heteroatoms. The number of rotatable bonds is 7. The van der Waals surface area contributed by atoms with Crippen LogP contribution >= 0.6 is 15.9 Å². The number of benzene rings is 1. The number of aromatic nitrogens is 2. The van der Waals surface area contributed by atoms with E-state index in [2.05, 4.69) is 32.8 Å². The van der Waals surface area contributed by atoms with Crippen molar-refractivity contribution in [1.29, 1.82) is 0 Å². The van der Waals surface area contributed by atoms with E-state index < -0.39 is 5.97 Å². The summed E-state index contributed by atoms with van der Waals surface area (Å²) in [5.74, 6) is -0.936. The summed E-state index contributed by atoms with van der Waals surface area (Å²) in [5.41, 5.74) is 1.18. The van der Waals surface area contributed by atoms with Gasteiger partial charge in [-0.15, -0.1) is 0 Å². The van der Waals surface area contributed by atoms with Crippen LogP contribution in [0.1, 0.15) is 48.2 Å². The summed E-state index contributed by atoms with van der Waals surface area (Å²) in [5, 5.41) is 8.96. The number of nitrogens with zero attached hydrogens (tertiary/aromatic N) is 2. The van der Waals surface area contributed by atoms with Crippen molar-refractivity contribution in [2.24, 2.45) is 0 Å². The van der Waals surface area contributed by atoms with Crippen molar-refractivity contribution in [3.63, 3.8) is 0 Å². The van der Waals surface area contributed by atoms with Crippen molar-refractivity contribution in [2.45, 2.75) is 32.3 Å². The van der Waals surface area contributed by atoms with Gasteiger partial charge in [-0.25, -0.2) is 14.8 Å². The summed E-state index contributed by atoms with van der Waals surface area (Å²) in [6.45, 7) is 2.11. The number of unbranched alkanes of at least 4 members (excludes halogenated alkanes) is 1. The molecule has 0 fully saturated rings. The van der Waals surface area contributed by atoms with E-state index in [0.717, 1.165) is 29.3 Å². The zero-order valence-electron chi connectivity index (χ0n) is 12.2. The van der Waals surface area contributed by atoms with E-state index in [0.29, 0.717) is 6.01 Å². The molecule has 0 saturated heterocycles. The van der Waals surface area contributed by atoms with Crippen LogP contribution in [-0.2, 0) is 0 Å². The lowest BCUT2D eigenvalue weighted by Gasteiger charge is -2.18. The predicted octanol–water partition coefficient (Wildman–Crippen LogP) is 4.25. The van der Waals surface area contributed by atoms with E-state index >= 15 is 0 Å². The normalized spacial score (nSPS) is 11.9. The van der Waals surface area contributed by atoms with Crippen molar-refractivity contribution < 1.29 is 14.6 Å². The Labute approximate surface area is 137 Å². The second-order valence-corrected chi connectivity index (χ2v) is 5.78. The summed E-state index contributed by atoms with van der Waals surface area (Å²) < 4.78 is 6.66. The molecule has 116 valence electrons. The Balaban J connectivity index is 2.17. The first-order chi connectivity index (χ1) is 10.6. The van der Waals surface area contributed by atoms with Crippen molar-refractivity contribution in [2.75, 3.05) is 0 Å². The van der Waals surface area contributed by atoms with Gasteiger partial charge in [0.05, 0.1) is 10.0 Å². The lowest BCUT2D eigenvalue weighted by molar-refractivity contribution is 0.0696. The fourth-order valence-corrected chi connectivity index (χ4v) is 2.22. The molecule has 0 radical (unpaired) electrons. The number of aromatic carboxylic acids is 1. The Hall–Kier alpha value is -1.95. The minimum Gasteiger partial charge on any atom is -0.478 e. The summed E-state index contributed by atoms with van der Waals surface area (Å²) in [7, 11) is 0. The Morgan fingerprint density at radius 2 is 1.91 bits per heavy atom. The Bertz CT molecular complexity index is 614. The van der Waals surface area contributed by atoms with Gasteiger partial charge in [0, 0.05) is 12.4 Å². The third-order valence-electron chi connectivity index (χ3n) is 3.19. The lowest BCUT2D eigenvalue weighted by atomic mass is 10.0. The van der Waals surface area contributed by atoms with Gasteiger partial charge in [0.1, 0.15) is 6.10 Å². The van der Waals surface area contributed by atoms with Crippen LogP contribution in [0.25, 0.3) is 0 Å². The van der Waals surface area contributed by atoms with Gasteiger partial charge >= 0.3 is 12.0 Å². The zero-order valence-corrected chi connectivity index (χ0v) is 13.8. The van der Waals surface area contributed by atoms with Gasteiger partial charge in [-0.05, 0) is 46.5 Å². The summed E-state index contributed by atoms with van der Waals surface area (Å²) in [6, 6.07) is 7.04. The third kappa shape index (κ3) is 4.53. The number of carbonyl (C=O) groups is 1. The first-order valence-electron chi connectivity index (χ1n) is 7.07. The van der Waals surface area contributed by atoms with Gasteiger partial charge in [0.15, 0.2) is 0 Å². The molecule has 22 heavy (non-hydrogen) atoms. The Kier molecular flexibility index (Phi) is 5.89. The number of hydrogen-bond donors (Lipinski definition) is 1. The molecule has 1 N–H and O–H groups in total. The van der Waals surface area contributed by atoms with E-state index in [4.69, 9.17) is 9.84 Å². The molecule has 1 aromatic carbocycles. The topological polar surface area (TPSA) is 72.3 Å². The highest BCUT2D eigenvalue weighted by atomic mass is 79.9. The van der Waals surface area contributed by atoms with Crippen LogP contribution in [0.4, 0.5) is 0 Å². The number of hydrogen-bond acceptors (Lipinski definition) is 4. The number of carboxylic acid groups (broad SMARTS) is 1. The second-order valence-electron chi connectivity index (χ2n) is 4.86. The van der Waals surface area contributed by atoms with Crippen LogP contribution in [0.15, 0.2) is 41.1 Å². The van der Waals surface area contributed by atoms with Gasteiger partial charge in [-0.1, -0.05) is 25.5 Å². The Morgan fingerprint density at radius 1 is 1.27 bits per heavy atom. The predicted molar refractivity (Wildman–Crippen MR) is 86.0 cm³/mol. The second kappa shape index (κ2) is 7.89. The summed E-state index contributed by atoms with van der Waals surface area (Å²) in [4.78, 5) is 19.2. The average molecular weight is 365 g/mol. The van der Waals surface area contributed by atoms with Crippen LogP contribution in [0.2, 0.25) is 0 Å². The highest BCUT2D eigenvalue weighted by Crippen LogP contribution is 2.25. The van der Waals surface area contributed by atoms with Crippen LogP contribution in [0.5, 0.6) is 6.01 Å². The maximum Gasteiger partial charge on any atom is 0.335 e. The molecule has 0 saturated carbocycles. The molecular weight excluding hydrogens is 348 g/mol. The molecule has 0 unspecified atom stereocenters. The van der Waals surface area contributed by atoms with E-state index in [9.17, 15) is 4.79 Å². The molecule has 0 aliphatic rings. The van der Waals surface area contributed by atoms with Crippen LogP contribution in [0.3, 0.4) is 0 Å². The largest absolute Gasteiger partial charge is 0.478 e. The van der Waals surface area contributed by atoms with E-state index in [-0.39, 0.29) is 11.7 Å². The quantitative estimate of drug-likeness (QED) is 0.794. The summed E-state index contributed by atoms with van der Waals surface area (Å²) in [6.07, 6.45) is 5.95.